The van der Waals surface area contributed by atoms with Crippen molar-refractivity contribution in [2.45, 2.75) is 38.7 Å². The van der Waals surface area contributed by atoms with Crippen LogP contribution in [0.5, 0.6) is 0 Å². The Morgan fingerprint density at radius 1 is 1.36 bits per heavy atom. The van der Waals surface area contributed by atoms with E-state index in [1.165, 1.54) is 0 Å². The fourth-order valence-corrected chi connectivity index (χ4v) is 2.62. The molecule has 2 aromatic rings. The van der Waals surface area contributed by atoms with Crippen molar-refractivity contribution in [3.8, 4) is 5.69 Å². The van der Waals surface area contributed by atoms with Crippen LogP contribution in [0.15, 0.2) is 30.5 Å². The predicted molar refractivity (Wildman–Crippen MR) is 92.3 cm³/mol. The molecular formula is C17H21ClN4O3. The van der Waals surface area contributed by atoms with Gasteiger partial charge in [0.25, 0.3) is 0 Å². The molecule has 134 valence electrons. The molecule has 1 aromatic carbocycles. The quantitative estimate of drug-likeness (QED) is 0.762. The molecule has 1 aliphatic heterocycles. The number of rotatable bonds is 7. The molecule has 1 unspecified atom stereocenters. The summed E-state index contributed by atoms with van der Waals surface area (Å²) in [6.45, 7) is 1.59. The molecule has 1 N–H and O–H groups in total. The average molecular weight is 365 g/mol. The number of amides is 1. The largest absolute Gasteiger partial charge is 0.353 e. The highest BCUT2D eigenvalue weighted by Crippen LogP contribution is 2.15. The van der Waals surface area contributed by atoms with E-state index in [9.17, 15) is 4.79 Å². The highest BCUT2D eigenvalue weighted by Gasteiger charge is 2.15. The predicted octanol–water partition coefficient (Wildman–Crippen LogP) is 2.17. The summed E-state index contributed by atoms with van der Waals surface area (Å²) in [6.07, 6.45) is 4.86. The van der Waals surface area contributed by atoms with Crippen molar-refractivity contribution in [2.75, 3.05) is 12.5 Å². The smallest absolute Gasteiger partial charge is 0.235 e. The maximum Gasteiger partial charge on any atom is 0.235 e. The van der Waals surface area contributed by atoms with Gasteiger partial charge in [-0.1, -0.05) is 17.3 Å². The number of aromatic nitrogens is 3. The van der Waals surface area contributed by atoms with Gasteiger partial charge >= 0.3 is 0 Å². The molecule has 25 heavy (non-hydrogen) atoms. The Morgan fingerprint density at radius 3 is 2.92 bits per heavy atom. The molecule has 0 spiro atoms. The first-order chi connectivity index (χ1) is 12.2. The Balaban J connectivity index is 1.53. The second kappa shape index (κ2) is 8.94. The molecule has 1 atom stereocenters. The van der Waals surface area contributed by atoms with Gasteiger partial charge in [0.15, 0.2) is 6.29 Å². The van der Waals surface area contributed by atoms with E-state index < -0.39 is 0 Å². The summed E-state index contributed by atoms with van der Waals surface area (Å²) in [4.78, 5) is 11.2. The SMILES string of the molecule is O=C(CCl)NCc1ccc(-n2cc(COC3CCCCO3)nn2)cc1. The molecule has 2 heterocycles. The van der Waals surface area contributed by atoms with Crippen LogP contribution in [0.3, 0.4) is 0 Å². The first kappa shape index (κ1) is 17.8. The monoisotopic (exact) mass is 364 g/mol. The number of carbonyl (C=O) groups excluding carboxylic acids is 1. The van der Waals surface area contributed by atoms with Crippen LogP contribution in [0.4, 0.5) is 0 Å². The van der Waals surface area contributed by atoms with Gasteiger partial charge in [0, 0.05) is 13.2 Å². The average Bonchev–Trinajstić information content (AvgIpc) is 3.14. The number of nitrogens with zero attached hydrogens (tertiary/aromatic N) is 3. The van der Waals surface area contributed by atoms with Crippen molar-refractivity contribution >= 4 is 17.5 Å². The second-order valence-corrected chi connectivity index (χ2v) is 6.11. The molecule has 1 aromatic heterocycles. The molecule has 1 aliphatic rings. The van der Waals surface area contributed by atoms with Gasteiger partial charge in [0.1, 0.15) is 11.6 Å². The van der Waals surface area contributed by atoms with Gasteiger partial charge in [-0.3, -0.25) is 4.79 Å². The van der Waals surface area contributed by atoms with Crippen LogP contribution in [0.25, 0.3) is 5.69 Å². The van der Waals surface area contributed by atoms with Gasteiger partial charge in [0.05, 0.1) is 18.5 Å². The van der Waals surface area contributed by atoms with E-state index in [2.05, 4.69) is 15.6 Å². The number of hydrogen-bond donors (Lipinski definition) is 1. The second-order valence-electron chi connectivity index (χ2n) is 5.84. The van der Waals surface area contributed by atoms with E-state index in [1.54, 1.807) is 4.68 Å². The molecule has 0 bridgehead atoms. The number of alkyl halides is 1. The molecule has 1 amide bonds. The number of halogens is 1. The lowest BCUT2D eigenvalue weighted by atomic mass is 10.2. The number of hydrogen-bond acceptors (Lipinski definition) is 5. The number of benzene rings is 1. The molecule has 0 saturated carbocycles. The number of ether oxygens (including phenoxy) is 2. The van der Waals surface area contributed by atoms with E-state index in [0.717, 1.165) is 42.8 Å². The minimum Gasteiger partial charge on any atom is -0.353 e. The van der Waals surface area contributed by atoms with Crippen molar-refractivity contribution in [1.82, 2.24) is 20.3 Å². The van der Waals surface area contributed by atoms with Crippen LogP contribution in [-0.4, -0.2) is 39.7 Å². The summed E-state index contributed by atoms with van der Waals surface area (Å²) in [5.74, 6) is -0.220. The number of carbonyl (C=O) groups is 1. The van der Waals surface area contributed by atoms with Crippen molar-refractivity contribution in [3.63, 3.8) is 0 Å². The summed E-state index contributed by atoms with van der Waals surface area (Å²) < 4.78 is 12.9. The Hall–Kier alpha value is -1.96. The van der Waals surface area contributed by atoms with Crippen LogP contribution < -0.4 is 5.32 Å². The van der Waals surface area contributed by atoms with Gasteiger partial charge in [-0.2, -0.15) is 0 Å². The first-order valence-electron chi connectivity index (χ1n) is 8.31. The van der Waals surface area contributed by atoms with Crippen molar-refractivity contribution in [2.24, 2.45) is 0 Å². The third-order valence-corrected chi connectivity index (χ3v) is 4.15. The third kappa shape index (κ3) is 5.26. The Bertz CT molecular complexity index is 683. The zero-order chi connectivity index (χ0) is 17.5. The molecule has 7 nitrogen and oxygen atoms in total. The van der Waals surface area contributed by atoms with Crippen LogP contribution in [0.1, 0.15) is 30.5 Å². The molecular weight excluding hydrogens is 344 g/mol. The maximum absolute atomic E-state index is 11.2. The zero-order valence-electron chi connectivity index (χ0n) is 13.9. The standard InChI is InChI=1S/C17H21ClN4O3/c18-9-16(23)19-10-13-4-6-15(7-5-13)22-11-14(20-21-22)12-25-17-3-1-2-8-24-17/h4-7,11,17H,1-3,8-10,12H2,(H,19,23). The van der Waals surface area contributed by atoms with Gasteiger partial charge in [-0.05, 0) is 37.0 Å². The Kier molecular flexibility index (Phi) is 6.38. The van der Waals surface area contributed by atoms with E-state index >= 15 is 0 Å². The summed E-state index contributed by atoms with van der Waals surface area (Å²) in [5, 5.41) is 11.0. The lowest BCUT2D eigenvalue weighted by molar-refractivity contribution is -0.169. The molecule has 0 radical (unpaired) electrons. The van der Waals surface area contributed by atoms with Gasteiger partial charge in [-0.25, -0.2) is 4.68 Å². The minimum atomic E-state index is -0.186. The number of nitrogens with one attached hydrogen (secondary N) is 1. The maximum atomic E-state index is 11.2. The topological polar surface area (TPSA) is 78.3 Å². The van der Waals surface area contributed by atoms with E-state index in [1.807, 2.05) is 30.5 Å². The molecule has 1 fully saturated rings. The highest BCUT2D eigenvalue weighted by atomic mass is 35.5. The van der Waals surface area contributed by atoms with Crippen LogP contribution in [0, 0.1) is 0 Å². The summed E-state index contributed by atoms with van der Waals surface area (Å²) >= 11 is 5.45. The van der Waals surface area contributed by atoms with Crippen LogP contribution >= 0.6 is 11.6 Å². The fraction of sp³-hybridized carbons (Fsp3) is 0.471. The fourth-order valence-electron chi connectivity index (χ4n) is 2.53. The Labute approximate surface area is 151 Å². The highest BCUT2D eigenvalue weighted by molar-refractivity contribution is 6.27. The lowest BCUT2D eigenvalue weighted by Gasteiger charge is -2.22. The van der Waals surface area contributed by atoms with Crippen molar-refractivity contribution < 1.29 is 14.3 Å². The lowest BCUT2D eigenvalue weighted by Crippen LogP contribution is -2.23. The van der Waals surface area contributed by atoms with E-state index in [4.69, 9.17) is 21.1 Å². The van der Waals surface area contributed by atoms with Crippen LogP contribution in [0.2, 0.25) is 0 Å². The van der Waals surface area contributed by atoms with E-state index in [-0.39, 0.29) is 18.1 Å². The van der Waals surface area contributed by atoms with Gasteiger partial charge in [0.2, 0.25) is 5.91 Å². The van der Waals surface area contributed by atoms with Gasteiger partial charge < -0.3 is 14.8 Å². The third-order valence-electron chi connectivity index (χ3n) is 3.91. The summed E-state index contributed by atoms with van der Waals surface area (Å²) in [5.41, 5.74) is 2.63. The summed E-state index contributed by atoms with van der Waals surface area (Å²) in [7, 11) is 0. The van der Waals surface area contributed by atoms with Gasteiger partial charge in [-0.15, -0.1) is 16.7 Å². The first-order valence-corrected chi connectivity index (χ1v) is 8.84. The van der Waals surface area contributed by atoms with Crippen molar-refractivity contribution in [1.29, 1.82) is 0 Å². The molecule has 3 rings (SSSR count). The molecule has 0 aliphatic carbocycles. The molecule has 1 saturated heterocycles. The zero-order valence-corrected chi connectivity index (χ0v) is 14.6. The van der Waals surface area contributed by atoms with E-state index in [0.29, 0.717) is 13.2 Å². The normalized spacial score (nSPS) is 17.4. The van der Waals surface area contributed by atoms with Crippen LogP contribution in [-0.2, 0) is 27.4 Å². The molecule has 8 heteroatoms. The van der Waals surface area contributed by atoms with Crippen molar-refractivity contribution in [3.05, 3.63) is 41.7 Å². The Morgan fingerprint density at radius 2 is 2.20 bits per heavy atom. The minimum absolute atomic E-state index is 0.0339. The summed E-state index contributed by atoms with van der Waals surface area (Å²) in [6, 6.07) is 7.70.